The van der Waals surface area contributed by atoms with Gasteiger partial charge in [-0.1, -0.05) is 6.07 Å². The maximum atomic E-state index is 5.23. The number of methoxy groups -OCH3 is 1. The summed E-state index contributed by atoms with van der Waals surface area (Å²) in [4.78, 5) is 11.5. The quantitative estimate of drug-likeness (QED) is 0.385. The van der Waals surface area contributed by atoms with Crippen LogP contribution in [0, 0.1) is 13.8 Å². The molecule has 0 N–H and O–H groups in total. The molecule has 0 bridgehead atoms. The highest BCUT2D eigenvalue weighted by Crippen LogP contribution is 2.28. The lowest BCUT2D eigenvalue weighted by Gasteiger charge is -2.11. The Morgan fingerprint density at radius 3 is 2.57 bits per heavy atom. The van der Waals surface area contributed by atoms with Crippen molar-refractivity contribution < 1.29 is 4.74 Å². The van der Waals surface area contributed by atoms with Crippen molar-refractivity contribution in [3.05, 3.63) is 63.5 Å². The van der Waals surface area contributed by atoms with Gasteiger partial charge in [-0.15, -0.1) is 11.3 Å². The van der Waals surface area contributed by atoms with E-state index in [4.69, 9.17) is 9.72 Å². The number of rotatable bonds is 7. The first kappa shape index (κ1) is 20.1. The Labute approximate surface area is 171 Å². The van der Waals surface area contributed by atoms with Gasteiger partial charge < -0.3 is 9.64 Å². The molecule has 0 aliphatic rings. The molecule has 0 spiro atoms. The third-order valence-electron chi connectivity index (χ3n) is 4.83. The van der Waals surface area contributed by atoms with Crippen molar-refractivity contribution in [2.75, 3.05) is 20.7 Å². The standard InChI is InChI=1S/C23H27N3OS/c1-6-26(4)15-24-21-12-16(2)19(11-17(21)3)13-23-25-22(14-28-23)18-7-9-20(27-5)10-8-18/h7-12,14-15H,6,13H2,1-5H3/b24-15+. The van der Waals surface area contributed by atoms with Gasteiger partial charge in [-0.05, 0) is 67.8 Å². The Kier molecular flexibility index (Phi) is 6.47. The lowest BCUT2D eigenvalue weighted by atomic mass is 10.0. The van der Waals surface area contributed by atoms with Crippen LogP contribution in [0.3, 0.4) is 0 Å². The maximum Gasteiger partial charge on any atom is 0.118 e. The number of aliphatic imine (C=N–C) groups is 1. The molecule has 3 aromatic rings. The fraction of sp³-hybridized carbons (Fsp3) is 0.304. The topological polar surface area (TPSA) is 37.7 Å². The summed E-state index contributed by atoms with van der Waals surface area (Å²) in [6.07, 6.45) is 2.73. The Hall–Kier alpha value is -2.66. The van der Waals surface area contributed by atoms with Crippen LogP contribution in [0.15, 0.2) is 46.8 Å². The molecule has 0 unspecified atom stereocenters. The van der Waals surface area contributed by atoms with Gasteiger partial charge in [0.1, 0.15) is 5.75 Å². The van der Waals surface area contributed by atoms with E-state index in [0.29, 0.717) is 0 Å². The van der Waals surface area contributed by atoms with E-state index >= 15 is 0 Å². The molecule has 0 fully saturated rings. The molecule has 5 heteroatoms. The first-order valence-electron chi connectivity index (χ1n) is 9.43. The molecule has 1 heterocycles. The van der Waals surface area contributed by atoms with Gasteiger partial charge in [0.2, 0.25) is 0 Å². The lowest BCUT2D eigenvalue weighted by Crippen LogP contribution is -2.14. The smallest absolute Gasteiger partial charge is 0.118 e. The minimum absolute atomic E-state index is 0.840. The highest BCUT2D eigenvalue weighted by molar-refractivity contribution is 7.10. The van der Waals surface area contributed by atoms with Gasteiger partial charge in [-0.2, -0.15) is 0 Å². The van der Waals surface area contributed by atoms with Crippen molar-refractivity contribution in [3.63, 3.8) is 0 Å². The van der Waals surface area contributed by atoms with Crippen LogP contribution in [0.5, 0.6) is 5.75 Å². The lowest BCUT2D eigenvalue weighted by molar-refractivity contribution is 0.415. The molecule has 1 aromatic heterocycles. The number of aryl methyl sites for hydroxylation is 2. The minimum atomic E-state index is 0.840. The Balaban J connectivity index is 1.77. The monoisotopic (exact) mass is 393 g/mol. The van der Waals surface area contributed by atoms with E-state index in [1.54, 1.807) is 18.4 Å². The second kappa shape index (κ2) is 9.02. The molecule has 4 nitrogen and oxygen atoms in total. The van der Waals surface area contributed by atoms with Gasteiger partial charge in [0.15, 0.2) is 0 Å². The molecule has 0 aliphatic heterocycles. The second-order valence-electron chi connectivity index (χ2n) is 6.91. The van der Waals surface area contributed by atoms with E-state index in [-0.39, 0.29) is 0 Å². The van der Waals surface area contributed by atoms with E-state index in [1.807, 2.05) is 37.7 Å². The van der Waals surface area contributed by atoms with Gasteiger partial charge in [0.05, 0.1) is 29.8 Å². The number of benzene rings is 2. The average Bonchev–Trinajstić information content (AvgIpc) is 3.17. The van der Waals surface area contributed by atoms with Crippen LogP contribution in [0.1, 0.15) is 28.6 Å². The van der Waals surface area contributed by atoms with Gasteiger partial charge in [-0.25, -0.2) is 9.98 Å². The summed E-state index contributed by atoms with van der Waals surface area (Å²) in [6.45, 7) is 7.32. The van der Waals surface area contributed by atoms with Gasteiger partial charge in [0, 0.05) is 31.0 Å². The third kappa shape index (κ3) is 4.78. The van der Waals surface area contributed by atoms with Crippen LogP contribution >= 0.6 is 11.3 Å². The average molecular weight is 394 g/mol. The summed E-state index contributed by atoms with van der Waals surface area (Å²) in [5, 5.41) is 3.24. The van der Waals surface area contributed by atoms with Crippen molar-refractivity contribution in [1.82, 2.24) is 9.88 Å². The zero-order valence-electron chi connectivity index (χ0n) is 17.2. The zero-order chi connectivity index (χ0) is 20.1. The Morgan fingerprint density at radius 1 is 1.14 bits per heavy atom. The maximum absolute atomic E-state index is 5.23. The van der Waals surface area contributed by atoms with Crippen LogP contribution < -0.4 is 4.74 Å². The van der Waals surface area contributed by atoms with Gasteiger partial charge >= 0.3 is 0 Å². The molecule has 28 heavy (non-hydrogen) atoms. The highest BCUT2D eigenvalue weighted by Gasteiger charge is 2.09. The van der Waals surface area contributed by atoms with E-state index in [9.17, 15) is 0 Å². The fourth-order valence-corrected chi connectivity index (χ4v) is 3.71. The van der Waals surface area contributed by atoms with E-state index in [0.717, 1.165) is 40.7 Å². The molecule has 0 saturated heterocycles. The number of thiazole rings is 1. The molecule has 0 amide bonds. The van der Waals surface area contributed by atoms with Crippen molar-refractivity contribution in [1.29, 1.82) is 0 Å². The number of hydrogen-bond acceptors (Lipinski definition) is 4. The van der Waals surface area contributed by atoms with Crippen LogP contribution in [0.2, 0.25) is 0 Å². The minimum Gasteiger partial charge on any atom is -0.497 e. The number of hydrogen-bond donors (Lipinski definition) is 0. The summed E-state index contributed by atoms with van der Waals surface area (Å²) in [6, 6.07) is 12.4. The molecular weight excluding hydrogens is 366 g/mol. The summed E-state index contributed by atoms with van der Waals surface area (Å²) in [5.41, 5.74) is 6.89. The van der Waals surface area contributed by atoms with Crippen LogP contribution in [-0.4, -0.2) is 36.9 Å². The summed E-state index contributed by atoms with van der Waals surface area (Å²) >= 11 is 1.71. The Morgan fingerprint density at radius 2 is 1.89 bits per heavy atom. The van der Waals surface area contributed by atoms with Crippen LogP contribution in [-0.2, 0) is 6.42 Å². The van der Waals surface area contributed by atoms with E-state index in [2.05, 4.69) is 48.2 Å². The summed E-state index contributed by atoms with van der Waals surface area (Å²) < 4.78 is 5.23. The number of aromatic nitrogens is 1. The highest BCUT2D eigenvalue weighted by atomic mass is 32.1. The van der Waals surface area contributed by atoms with Crippen molar-refractivity contribution >= 4 is 23.4 Å². The Bertz CT molecular complexity index is 960. The molecule has 2 aromatic carbocycles. The first-order chi connectivity index (χ1) is 13.5. The molecule has 0 atom stereocenters. The van der Waals surface area contributed by atoms with Crippen molar-refractivity contribution in [2.24, 2.45) is 4.99 Å². The second-order valence-corrected chi connectivity index (χ2v) is 7.86. The predicted octanol–water partition coefficient (Wildman–Crippen LogP) is 5.64. The third-order valence-corrected chi connectivity index (χ3v) is 5.68. The molecule has 146 valence electrons. The molecule has 3 rings (SSSR count). The number of ether oxygens (including phenoxy) is 1. The largest absolute Gasteiger partial charge is 0.497 e. The first-order valence-corrected chi connectivity index (χ1v) is 10.3. The summed E-state index contributed by atoms with van der Waals surface area (Å²) in [5.74, 6) is 0.859. The molecule has 0 saturated carbocycles. The number of nitrogens with zero attached hydrogens (tertiary/aromatic N) is 3. The SMILES string of the molecule is CCN(C)/C=N/c1cc(C)c(Cc2nc(-c3ccc(OC)cc3)cs2)cc1C. The molecular formula is C23H27N3OS. The fourth-order valence-electron chi connectivity index (χ4n) is 2.88. The molecule has 0 radical (unpaired) electrons. The van der Waals surface area contributed by atoms with E-state index in [1.165, 1.54) is 16.7 Å². The van der Waals surface area contributed by atoms with Crippen LogP contribution in [0.25, 0.3) is 11.3 Å². The van der Waals surface area contributed by atoms with Gasteiger partial charge in [-0.3, -0.25) is 0 Å². The van der Waals surface area contributed by atoms with Crippen LogP contribution in [0.4, 0.5) is 5.69 Å². The predicted molar refractivity (Wildman–Crippen MR) is 119 cm³/mol. The van der Waals surface area contributed by atoms with E-state index < -0.39 is 0 Å². The summed E-state index contributed by atoms with van der Waals surface area (Å²) in [7, 11) is 3.71. The molecule has 0 aliphatic carbocycles. The van der Waals surface area contributed by atoms with Crippen molar-refractivity contribution in [2.45, 2.75) is 27.2 Å². The van der Waals surface area contributed by atoms with Gasteiger partial charge in [0.25, 0.3) is 0 Å². The normalized spacial score (nSPS) is 11.2. The zero-order valence-corrected chi connectivity index (χ0v) is 18.0. The van der Waals surface area contributed by atoms with Crippen molar-refractivity contribution in [3.8, 4) is 17.0 Å².